The Bertz CT molecular complexity index is 1110. The van der Waals surface area contributed by atoms with Crippen LogP contribution in [0.5, 0.6) is 0 Å². The number of hydrogen-bond acceptors (Lipinski definition) is 2. The Morgan fingerprint density at radius 1 is 0.750 bits per heavy atom. The largest absolute Gasteiger partial charge is 0.469 e. The van der Waals surface area contributed by atoms with Gasteiger partial charge >= 0.3 is 0 Å². The van der Waals surface area contributed by atoms with Crippen molar-refractivity contribution in [2.24, 2.45) is 10.4 Å². The average molecular weight is 444 g/mol. The first-order valence-corrected chi connectivity index (χ1v) is 12.7. The minimum atomic E-state index is -0.759. The Labute approximate surface area is 194 Å². The summed E-state index contributed by atoms with van der Waals surface area (Å²) in [6.07, 6.45) is 0. The van der Waals surface area contributed by atoms with Crippen LogP contribution in [0.15, 0.2) is 77.8 Å². The molecule has 0 N–H and O–H groups in total. The smallest absolute Gasteiger partial charge is 0.217 e. The van der Waals surface area contributed by atoms with Crippen LogP contribution in [0.4, 0.5) is 0 Å². The third kappa shape index (κ3) is 4.26. The van der Waals surface area contributed by atoms with Crippen molar-refractivity contribution in [1.82, 2.24) is 0 Å². The number of ether oxygens (including phenoxy) is 1. The van der Waals surface area contributed by atoms with E-state index in [9.17, 15) is 0 Å². The van der Waals surface area contributed by atoms with Crippen LogP contribution in [0.1, 0.15) is 51.3 Å². The summed E-state index contributed by atoms with van der Waals surface area (Å²) in [6, 6.07) is 26.3. The highest BCUT2D eigenvalue weighted by Gasteiger charge is 2.46. The van der Waals surface area contributed by atoms with Crippen LogP contribution in [-0.4, -0.2) is 17.5 Å². The Morgan fingerprint density at radius 3 is 1.69 bits per heavy atom. The third-order valence-corrected chi connectivity index (χ3v) is 9.01. The van der Waals surface area contributed by atoms with Gasteiger partial charge in [-0.25, -0.2) is 4.99 Å². The number of benzene rings is 3. The van der Waals surface area contributed by atoms with Crippen LogP contribution < -0.4 is 15.9 Å². The fraction of sp³-hybridized carbons (Fsp3) is 0.345. The first-order valence-electron chi connectivity index (χ1n) is 11.4. The van der Waals surface area contributed by atoms with Crippen LogP contribution in [0, 0.1) is 19.3 Å². The molecule has 0 saturated heterocycles. The van der Waals surface area contributed by atoms with Gasteiger partial charge in [0.1, 0.15) is 5.60 Å². The van der Waals surface area contributed by atoms with Crippen molar-refractivity contribution < 1.29 is 4.74 Å². The van der Waals surface area contributed by atoms with Crippen molar-refractivity contribution in [2.75, 3.05) is 0 Å². The SMILES string of the molecule is Cc1ccccc1P(c1ccccc1C)c1ccccc1C1=N[C@H](C(C)(C)C)C(C)(C)O1. The zero-order valence-electron chi connectivity index (χ0n) is 20.3. The molecule has 3 aromatic rings. The molecule has 1 aliphatic rings. The Morgan fingerprint density at radius 2 is 1.22 bits per heavy atom. The molecule has 1 atom stereocenters. The molecule has 0 amide bonds. The summed E-state index contributed by atoms with van der Waals surface area (Å²) in [6.45, 7) is 15.5. The molecule has 1 aliphatic heterocycles. The number of hydrogen-bond donors (Lipinski definition) is 0. The molecule has 0 bridgehead atoms. The molecule has 3 aromatic carbocycles. The van der Waals surface area contributed by atoms with Gasteiger partial charge in [-0.15, -0.1) is 0 Å². The van der Waals surface area contributed by atoms with E-state index >= 15 is 0 Å². The van der Waals surface area contributed by atoms with Gasteiger partial charge in [0, 0.05) is 5.56 Å². The van der Waals surface area contributed by atoms with Crippen molar-refractivity contribution >= 4 is 29.7 Å². The number of nitrogens with zero attached hydrogens (tertiary/aromatic N) is 1. The second-order valence-corrected chi connectivity index (χ2v) is 12.5. The first-order chi connectivity index (χ1) is 15.1. The van der Waals surface area contributed by atoms with Crippen LogP contribution in [-0.2, 0) is 4.74 Å². The fourth-order valence-electron chi connectivity index (χ4n) is 4.83. The molecule has 0 aliphatic carbocycles. The van der Waals surface area contributed by atoms with E-state index < -0.39 is 7.92 Å². The standard InChI is InChI=1S/C29H34NOP/c1-20-14-8-11-17-23(20)32(24-18-12-9-15-21(24)2)25-19-13-10-16-22(25)26-30-27(28(3,4)5)29(6,7)31-26/h8-19,27H,1-7H3/t27-/m1/s1. The molecule has 0 aromatic heterocycles. The first kappa shape index (κ1) is 22.7. The van der Waals surface area contributed by atoms with Crippen LogP contribution in [0.2, 0.25) is 0 Å². The molecule has 32 heavy (non-hydrogen) atoms. The van der Waals surface area contributed by atoms with Crippen molar-refractivity contribution in [1.29, 1.82) is 0 Å². The van der Waals surface area contributed by atoms with Gasteiger partial charge in [-0.2, -0.15) is 0 Å². The molecule has 2 nitrogen and oxygen atoms in total. The quantitative estimate of drug-likeness (QED) is 0.451. The molecule has 0 saturated carbocycles. The zero-order valence-corrected chi connectivity index (χ0v) is 21.2. The van der Waals surface area contributed by atoms with Gasteiger partial charge in [-0.3, -0.25) is 0 Å². The Kier molecular flexibility index (Phi) is 6.03. The van der Waals surface area contributed by atoms with Crippen LogP contribution in [0.3, 0.4) is 0 Å². The highest BCUT2D eigenvalue weighted by molar-refractivity contribution is 7.80. The Balaban J connectivity index is 1.93. The van der Waals surface area contributed by atoms with Crippen molar-refractivity contribution in [3.8, 4) is 0 Å². The molecule has 1 heterocycles. The average Bonchev–Trinajstić information content (AvgIpc) is 3.07. The van der Waals surface area contributed by atoms with Crippen LogP contribution in [0.25, 0.3) is 0 Å². The predicted molar refractivity (Wildman–Crippen MR) is 140 cm³/mol. The molecule has 3 heteroatoms. The molecule has 4 rings (SSSR count). The van der Waals surface area contributed by atoms with Gasteiger partial charge in [0.05, 0.1) is 6.04 Å². The molecule has 0 spiro atoms. The summed E-state index contributed by atoms with van der Waals surface area (Å²) >= 11 is 0. The minimum Gasteiger partial charge on any atom is -0.469 e. The fourth-order valence-corrected chi connectivity index (χ4v) is 7.58. The summed E-state index contributed by atoms with van der Waals surface area (Å²) in [5.41, 5.74) is 3.44. The Hall–Kier alpha value is -2.44. The van der Waals surface area contributed by atoms with Crippen LogP contribution >= 0.6 is 7.92 Å². The zero-order chi connectivity index (χ0) is 23.1. The lowest BCUT2D eigenvalue weighted by atomic mass is 9.78. The van der Waals surface area contributed by atoms with Crippen molar-refractivity contribution in [2.45, 2.75) is 60.1 Å². The van der Waals surface area contributed by atoms with E-state index in [1.807, 2.05) is 0 Å². The lowest BCUT2D eigenvalue weighted by Crippen LogP contribution is -2.42. The molecular weight excluding hydrogens is 409 g/mol. The summed E-state index contributed by atoms with van der Waals surface area (Å²) in [7, 11) is -0.759. The van der Waals surface area contributed by atoms with Gasteiger partial charge < -0.3 is 4.74 Å². The molecule has 0 unspecified atom stereocenters. The summed E-state index contributed by atoms with van der Waals surface area (Å²) in [4.78, 5) is 5.16. The lowest BCUT2D eigenvalue weighted by Gasteiger charge is -2.34. The maximum atomic E-state index is 6.56. The maximum Gasteiger partial charge on any atom is 0.217 e. The van der Waals surface area contributed by atoms with Gasteiger partial charge in [0.25, 0.3) is 0 Å². The molecule has 0 radical (unpaired) electrons. The summed E-state index contributed by atoms with van der Waals surface area (Å²) < 4.78 is 6.56. The minimum absolute atomic E-state index is 0.0248. The summed E-state index contributed by atoms with van der Waals surface area (Å²) in [5, 5.41) is 4.07. The van der Waals surface area contributed by atoms with Gasteiger partial charge in [0.2, 0.25) is 5.90 Å². The monoisotopic (exact) mass is 443 g/mol. The van der Waals surface area contributed by atoms with E-state index in [0.717, 1.165) is 11.5 Å². The van der Waals surface area contributed by atoms with E-state index in [0.29, 0.717) is 0 Å². The number of rotatable bonds is 4. The number of aliphatic imine (C=N–C) groups is 1. The highest BCUT2D eigenvalue weighted by atomic mass is 31.1. The molecular formula is C29H34NOP. The van der Waals surface area contributed by atoms with E-state index in [4.69, 9.17) is 9.73 Å². The number of aryl methyl sites for hydroxylation is 2. The topological polar surface area (TPSA) is 21.6 Å². The molecule has 166 valence electrons. The van der Waals surface area contributed by atoms with E-state index in [1.165, 1.54) is 27.0 Å². The normalized spacial score (nSPS) is 17.9. The second kappa shape index (κ2) is 8.49. The van der Waals surface area contributed by atoms with E-state index in [-0.39, 0.29) is 17.1 Å². The summed E-state index contributed by atoms with van der Waals surface area (Å²) in [5.74, 6) is 0.778. The maximum absolute atomic E-state index is 6.56. The third-order valence-electron chi connectivity index (χ3n) is 6.17. The second-order valence-electron chi connectivity index (χ2n) is 10.3. The molecule has 0 fully saturated rings. The van der Waals surface area contributed by atoms with E-state index in [1.54, 1.807) is 0 Å². The lowest BCUT2D eigenvalue weighted by molar-refractivity contribution is 0.0560. The van der Waals surface area contributed by atoms with Gasteiger partial charge in [-0.1, -0.05) is 87.5 Å². The van der Waals surface area contributed by atoms with E-state index in [2.05, 4.69) is 121 Å². The van der Waals surface area contributed by atoms with Crippen molar-refractivity contribution in [3.63, 3.8) is 0 Å². The predicted octanol–water partition coefficient (Wildman–Crippen LogP) is 6.03. The highest BCUT2D eigenvalue weighted by Crippen LogP contribution is 2.41. The van der Waals surface area contributed by atoms with Crippen molar-refractivity contribution in [3.05, 3.63) is 89.5 Å². The van der Waals surface area contributed by atoms with Gasteiger partial charge in [-0.05, 0) is 74.1 Å². The van der Waals surface area contributed by atoms with Gasteiger partial charge in [0.15, 0.2) is 0 Å².